The lowest BCUT2D eigenvalue weighted by molar-refractivity contribution is -0.121. The van der Waals surface area contributed by atoms with Crippen LogP contribution in [-0.4, -0.2) is 25.7 Å². The van der Waals surface area contributed by atoms with Gasteiger partial charge in [-0.2, -0.15) is 0 Å². The summed E-state index contributed by atoms with van der Waals surface area (Å²) >= 11 is 0. The number of hydrogen-bond acceptors (Lipinski definition) is 3. The van der Waals surface area contributed by atoms with E-state index in [2.05, 4.69) is 12.2 Å². The Morgan fingerprint density at radius 2 is 2.05 bits per heavy atom. The van der Waals surface area contributed by atoms with Gasteiger partial charge in [0.25, 0.3) is 0 Å². The Morgan fingerprint density at radius 3 is 2.75 bits per heavy atom. The third-order valence-electron chi connectivity index (χ3n) is 2.89. The maximum Gasteiger partial charge on any atom is 0.220 e. The number of nitrogen functional groups attached to an aromatic ring is 1. The maximum atomic E-state index is 11.6. The highest BCUT2D eigenvalue weighted by atomic mass is 35.5. The van der Waals surface area contributed by atoms with Crippen molar-refractivity contribution in [1.29, 1.82) is 0 Å². The molecular weight excluding hydrogens is 276 g/mol. The number of rotatable bonds is 9. The topological polar surface area (TPSA) is 64.3 Å². The second kappa shape index (κ2) is 11.6. The fraction of sp³-hybridized carbons (Fsp3) is 0.533. The zero-order valence-corrected chi connectivity index (χ0v) is 12.9. The van der Waals surface area contributed by atoms with E-state index in [0.29, 0.717) is 26.0 Å². The summed E-state index contributed by atoms with van der Waals surface area (Å²) in [7, 11) is 0. The molecule has 0 saturated carbocycles. The van der Waals surface area contributed by atoms with Crippen LogP contribution in [0.4, 0.5) is 5.69 Å². The van der Waals surface area contributed by atoms with Gasteiger partial charge in [-0.1, -0.05) is 31.5 Å². The third-order valence-corrected chi connectivity index (χ3v) is 2.89. The second-order valence-electron chi connectivity index (χ2n) is 4.51. The molecule has 0 saturated heterocycles. The Hall–Kier alpha value is -1.26. The van der Waals surface area contributed by atoms with Crippen LogP contribution >= 0.6 is 12.4 Å². The summed E-state index contributed by atoms with van der Waals surface area (Å²) in [5.41, 5.74) is 7.60. The van der Waals surface area contributed by atoms with Crippen molar-refractivity contribution >= 4 is 24.0 Å². The SMILES string of the molecule is CCCCOCCNC(=O)CCc1ccccc1N.Cl. The van der Waals surface area contributed by atoms with Gasteiger partial charge in [0.05, 0.1) is 6.61 Å². The monoisotopic (exact) mass is 300 g/mol. The molecule has 0 aliphatic heterocycles. The zero-order valence-electron chi connectivity index (χ0n) is 12.1. The summed E-state index contributed by atoms with van der Waals surface area (Å²) in [4.78, 5) is 11.6. The number of para-hydroxylation sites is 1. The van der Waals surface area contributed by atoms with E-state index in [0.717, 1.165) is 30.7 Å². The van der Waals surface area contributed by atoms with Gasteiger partial charge in [-0.3, -0.25) is 4.79 Å². The molecule has 3 N–H and O–H groups in total. The van der Waals surface area contributed by atoms with Crippen LogP contribution in [-0.2, 0) is 16.0 Å². The number of hydrogen-bond donors (Lipinski definition) is 2. The van der Waals surface area contributed by atoms with Crippen LogP contribution in [0.25, 0.3) is 0 Å². The standard InChI is InChI=1S/C15H24N2O2.ClH/c1-2-3-11-19-12-10-17-15(18)9-8-13-6-4-5-7-14(13)16;/h4-7H,2-3,8-12,16H2,1H3,(H,17,18);1H. The lowest BCUT2D eigenvalue weighted by atomic mass is 10.1. The maximum absolute atomic E-state index is 11.6. The van der Waals surface area contributed by atoms with E-state index in [4.69, 9.17) is 10.5 Å². The van der Waals surface area contributed by atoms with Crippen molar-refractivity contribution in [3.8, 4) is 0 Å². The van der Waals surface area contributed by atoms with E-state index in [1.165, 1.54) is 0 Å². The van der Waals surface area contributed by atoms with Gasteiger partial charge in [0.1, 0.15) is 0 Å². The molecule has 0 aliphatic rings. The third kappa shape index (κ3) is 8.02. The predicted molar refractivity (Wildman–Crippen MR) is 85.2 cm³/mol. The fourth-order valence-electron chi connectivity index (χ4n) is 1.71. The number of nitrogens with two attached hydrogens (primary N) is 1. The average molecular weight is 301 g/mol. The zero-order chi connectivity index (χ0) is 13.9. The minimum Gasteiger partial charge on any atom is -0.399 e. The fourth-order valence-corrected chi connectivity index (χ4v) is 1.71. The van der Waals surface area contributed by atoms with Crippen LogP contribution in [0, 0.1) is 0 Å². The summed E-state index contributed by atoms with van der Waals surface area (Å²) in [6.07, 6.45) is 3.34. The van der Waals surface area contributed by atoms with Gasteiger partial charge in [-0.15, -0.1) is 12.4 Å². The van der Waals surface area contributed by atoms with Crippen molar-refractivity contribution < 1.29 is 9.53 Å². The molecule has 0 atom stereocenters. The molecule has 20 heavy (non-hydrogen) atoms. The Balaban J connectivity index is 0.00000361. The van der Waals surface area contributed by atoms with Crippen LogP contribution in [0.5, 0.6) is 0 Å². The molecule has 5 heteroatoms. The molecular formula is C15H25ClN2O2. The molecule has 0 bridgehead atoms. The Kier molecular flexibility index (Phi) is 10.8. The molecule has 1 aromatic carbocycles. The summed E-state index contributed by atoms with van der Waals surface area (Å²) < 4.78 is 5.37. The second-order valence-corrected chi connectivity index (χ2v) is 4.51. The van der Waals surface area contributed by atoms with E-state index < -0.39 is 0 Å². The minimum absolute atomic E-state index is 0. The highest BCUT2D eigenvalue weighted by Gasteiger charge is 2.03. The van der Waals surface area contributed by atoms with E-state index in [9.17, 15) is 4.79 Å². The number of aryl methyl sites for hydroxylation is 1. The van der Waals surface area contributed by atoms with Gasteiger partial charge in [0.2, 0.25) is 5.91 Å². The number of carbonyl (C=O) groups is 1. The predicted octanol–water partition coefficient (Wildman–Crippen LogP) is 2.56. The van der Waals surface area contributed by atoms with Gasteiger partial charge in [-0.05, 0) is 24.5 Å². The molecule has 0 fully saturated rings. The van der Waals surface area contributed by atoms with Crippen molar-refractivity contribution in [3.05, 3.63) is 29.8 Å². The van der Waals surface area contributed by atoms with Gasteiger partial charge < -0.3 is 15.8 Å². The smallest absolute Gasteiger partial charge is 0.220 e. The number of unbranched alkanes of at least 4 members (excludes halogenated alkanes) is 1. The van der Waals surface area contributed by atoms with Crippen molar-refractivity contribution in [1.82, 2.24) is 5.32 Å². The largest absolute Gasteiger partial charge is 0.399 e. The molecule has 0 heterocycles. The molecule has 1 aromatic rings. The van der Waals surface area contributed by atoms with Crippen LogP contribution in [0.2, 0.25) is 0 Å². The highest BCUT2D eigenvalue weighted by molar-refractivity contribution is 5.85. The summed E-state index contributed by atoms with van der Waals surface area (Å²) in [5.74, 6) is 0.0438. The minimum atomic E-state index is 0. The highest BCUT2D eigenvalue weighted by Crippen LogP contribution is 2.12. The molecule has 0 aromatic heterocycles. The van der Waals surface area contributed by atoms with Gasteiger partial charge in [0.15, 0.2) is 0 Å². The first-order valence-corrected chi connectivity index (χ1v) is 6.92. The van der Waals surface area contributed by atoms with E-state index in [-0.39, 0.29) is 18.3 Å². The molecule has 0 radical (unpaired) electrons. The molecule has 0 unspecified atom stereocenters. The van der Waals surface area contributed by atoms with Gasteiger partial charge in [0, 0.05) is 25.3 Å². The van der Waals surface area contributed by atoms with Gasteiger partial charge >= 0.3 is 0 Å². The molecule has 0 aliphatic carbocycles. The van der Waals surface area contributed by atoms with E-state index in [1.54, 1.807) is 0 Å². The van der Waals surface area contributed by atoms with E-state index >= 15 is 0 Å². The normalized spacial score (nSPS) is 9.85. The summed E-state index contributed by atoms with van der Waals surface area (Å²) in [5, 5.41) is 2.84. The molecule has 4 nitrogen and oxygen atoms in total. The lowest BCUT2D eigenvalue weighted by Gasteiger charge is -2.07. The molecule has 1 rings (SSSR count). The van der Waals surface area contributed by atoms with Crippen molar-refractivity contribution in [2.24, 2.45) is 0 Å². The first-order valence-electron chi connectivity index (χ1n) is 6.92. The Labute approximate surface area is 127 Å². The summed E-state index contributed by atoms with van der Waals surface area (Å²) in [6.45, 7) is 4.05. The van der Waals surface area contributed by atoms with Crippen molar-refractivity contribution in [2.45, 2.75) is 32.6 Å². The molecule has 114 valence electrons. The lowest BCUT2D eigenvalue weighted by Crippen LogP contribution is -2.27. The number of ether oxygens (including phenoxy) is 1. The number of benzene rings is 1. The van der Waals surface area contributed by atoms with Crippen LogP contribution in [0.15, 0.2) is 24.3 Å². The number of nitrogens with one attached hydrogen (secondary N) is 1. The number of amides is 1. The number of halogens is 1. The number of carbonyl (C=O) groups excluding carboxylic acids is 1. The Morgan fingerprint density at radius 1 is 1.30 bits per heavy atom. The van der Waals surface area contributed by atoms with Crippen LogP contribution < -0.4 is 11.1 Å². The van der Waals surface area contributed by atoms with Gasteiger partial charge in [-0.25, -0.2) is 0 Å². The molecule has 0 spiro atoms. The van der Waals surface area contributed by atoms with Crippen LogP contribution in [0.3, 0.4) is 0 Å². The Bertz CT molecular complexity index is 386. The van der Waals surface area contributed by atoms with E-state index in [1.807, 2.05) is 24.3 Å². The molecule has 1 amide bonds. The average Bonchev–Trinajstić information content (AvgIpc) is 2.42. The van der Waals surface area contributed by atoms with Crippen molar-refractivity contribution in [3.63, 3.8) is 0 Å². The first kappa shape index (κ1) is 18.7. The van der Waals surface area contributed by atoms with Crippen LogP contribution in [0.1, 0.15) is 31.7 Å². The summed E-state index contributed by atoms with van der Waals surface area (Å²) in [6, 6.07) is 7.64. The quantitative estimate of drug-likeness (QED) is 0.544. The first-order chi connectivity index (χ1) is 9.24. The van der Waals surface area contributed by atoms with Crippen molar-refractivity contribution in [2.75, 3.05) is 25.5 Å². The number of anilines is 1.